The normalized spacial score (nSPS) is 10.9. The highest BCUT2D eigenvalue weighted by Gasteiger charge is 2.15. The molecule has 0 spiro atoms. The van der Waals surface area contributed by atoms with Crippen molar-refractivity contribution in [2.24, 2.45) is 0 Å². The van der Waals surface area contributed by atoms with Crippen molar-refractivity contribution in [2.45, 2.75) is 19.8 Å². The number of aromatic amines is 1. The lowest BCUT2D eigenvalue weighted by molar-refractivity contribution is 0.0953. The maximum atomic E-state index is 12.4. The van der Waals surface area contributed by atoms with Crippen molar-refractivity contribution in [1.82, 2.24) is 9.55 Å². The highest BCUT2D eigenvalue weighted by atomic mass is 35.5. The van der Waals surface area contributed by atoms with E-state index in [1.807, 2.05) is 0 Å². The molecule has 0 aliphatic heterocycles. The van der Waals surface area contributed by atoms with E-state index in [-0.39, 0.29) is 21.5 Å². The van der Waals surface area contributed by atoms with Crippen LogP contribution < -0.4 is 11.2 Å². The number of hydrogen-bond acceptors (Lipinski definition) is 3. The molecule has 0 bridgehead atoms. The van der Waals surface area contributed by atoms with Crippen molar-refractivity contribution in [3.05, 3.63) is 66.4 Å². The van der Waals surface area contributed by atoms with Gasteiger partial charge >= 0.3 is 5.69 Å². The number of carbonyl (C=O) groups is 1. The van der Waals surface area contributed by atoms with E-state index < -0.39 is 17.2 Å². The summed E-state index contributed by atoms with van der Waals surface area (Å²) in [5.74, 6) is -0.737. The minimum atomic E-state index is -0.800. The molecule has 1 N–H and O–H groups in total. The fraction of sp³-hybridized carbons (Fsp3) is 0.214. The Morgan fingerprint density at radius 2 is 1.71 bits per heavy atom. The SMILES string of the molecule is CC(C)c1cn(C(=O)c2cc(Cl)cc(Cl)c2)c(=O)[nH]c1=O. The van der Waals surface area contributed by atoms with Crippen molar-refractivity contribution in [3.63, 3.8) is 0 Å². The Bertz CT molecular complexity index is 801. The minimum Gasteiger partial charge on any atom is -0.273 e. The lowest BCUT2D eigenvalue weighted by atomic mass is 10.1. The second-order valence-electron chi connectivity index (χ2n) is 4.83. The van der Waals surface area contributed by atoms with Gasteiger partial charge in [-0.3, -0.25) is 14.6 Å². The van der Waals surface area contributed by atoms with E-state index >= 15 is 0 Å². The number of benzene rings is 1. The number of nitrogens with one attached hydrogen (secondary N) is 1. The van der Waals surface area contributed by atoms with Crippen molar-refractivity contribution < 1.29 is 4.79 Å². The zero-order chi connectivity index (χ0) is 15.7. The molecule has 0 fully saturated rings. The molecule has 0 atom stereocenters. The highest BCUT2D eigenvalue weighted by molar-refractivity contribution is 6.35. The van der Waals surface area contributed by atoms with Gasteiger partial charge in [0.1, 0.15) is 0 Å². The number of H-pyrrole nitrogens is 1. The summed E-state index contributed by atoms with van der Waals surface area (Å²) in [6.07, 6.45) is 1.25. The van der Waals surface area contributed by atoms with Gasteiger partial charge in [-0.2, -0.15) is 0 Å². The summed E-state index contributed by atoms with van der Waals surface area (Å²) < 4.78 is 0.846. The first-order valence-corrected chi connectivity index (χ1v) is 6.92. The summed E-state index contributed by atoms with van der Waals surface area (Å²) in [7, 11) is 0. The number of rotatable bonds is 2. The van der Waals surface area contributed by atoms with Crippen molar-refractivity contribution in [2.75, 3.05) is 0 Å². The summed E-state index contributed by atoms with van der Waals surface area (Å²) >= 11 is 11.7. The molecular formula is C14H12Cl2N2O3. The van der Waals surface area contributed by atoms with Crippen LogP contribution in [0, 0.1) is 0 Å². The van der Waals surface area contributed by atoms with Crippen molar-refractivity contribution in [1.29, 1.82) is 0 Å². The van der Waals surface area contributed by atoms with Crippen LogP contribution >= 0.6 is 23.2 Å². The molecule has 0 aliphatic carbocycles. The number of hydrogen-bond donors (Lipinski definition) is 1. The molecule has 7 heteroatoms. The molecule has 0 unspecified atom stereocenters. The van der Waals surface area contributed by atoms with Gasteiger partial charge in [-0.05, 0) is 24.1 Å². The molecule has 0 radical (unpaired) electrons. The molecule has 110 valence electrons. The molecule has 21 heavy (non-hydrogen) atoms. The lowest BCUT2D eigenvalue weighted by Crippen LogP contribution is -2.35. The van der Waals surface area contributed by atoms with Crippen LogP contribution in [-0.4, -0.2) is 15.5 Å². The quantitative estimate of drug-likeness (QED) is 0.922. The number of aromatic nitrogens is 2. The maximum Gasteiger partial charge on any atom is 0.335 e. The molecule has 0 saturated carbocycles. The first-order chi connectivity index (χ1) is 9.79. The van der Waals surface area contributed by atoms with Gasteiger partial charge < -0.3 is 0 Å². The summed E-state index contributed by atoms with van der Waals surface area (Å²) in [5.41, 5.74) is -0.791. The first-order valence-electron chi connectivity index (χ1n) is 6.16. The van der Waals surface area contributed by atoms with Crippen molar-refractivity contribution in [3.8, 4) is 0 Å². The fourth-order valence-electron chi connectivity index (χ4n) is 1.86. The third-order valence-electron chi connectivity index (χ3n) is 2.92. The van der Waals surface area contributed by atoms with Gasteiger partial charge in [-0.15, -0.1) is 0 Å². The number of nitrogens with zero attached hydrogens (tertiary/aromatic N) is 1. The molecule has 0 amide bonds. The Kier molecular flexibility index (Phi) is 4.34. The Hall–Kier alpha value is -1.85. The third kappa shape index (κ3) is 3.25. The molecule has 0 saturated heterocycles. The predicted molar refractivity (Wildman–Crippen MR) is 81.6 cm³/mol. The van der Waals surface area contributed by atoms with E-state index in [2.05, 4.69) is 4.98 Å². The van der Waals surface area contributed by atoms with Gasteiger partial charge in [0.2, 0.25) is 0 Å². The summed E-state index contributed by atoms with van der Waals surface area (Å²) in [6, 6.07) is 4.29. The van der Waals surface area contributed by atoms with Gasteiger partial charge in [0, 0.05) is 27.4 Å². The number of carbonyl (C=O) groups excluding carboxylic acids is 1. The van der Waals surface area contributed by atoms with Gasteiger partial charge in [-0.25, -0.2) is 9.36 Å². The zero-order valence-corrected chi connectivity index (χ0v) is 12.8. The monoisotopic (exact) mass is 326 g/mol. The molecule has 1 heterocycles. The molecule has 2 aromatic rings. The number of halogens is 2. The Balaban J connectivity index is 2.60. The van der Waals surface area contributed by atoms with Crippen LogP contribution in [0.5, 0.6) is 0 Å². The van der Waals surface area contributed by atoms with E-state index in [1.54, 1.807) is 13.8 Å². The second-order valence-corrected chi connectivity index (χ2v) is 5.70. The highest BCUT2D eigenvalue weighted by Crippen LogP contribution is 2.19. The van der Waals surface area contributed by atoms with Crippen LogP contribution in [0.2, 0.25) is 10.0 Å². The van der Waals surface area contributed by atoms with Crippen LogP contribution in [0.25, 0.3) is 0 Å². The van der Waals surface area contributed by atoms with Crippen LogP contribution in [0.3, 0.4) is 0 Å². The van der Waals surface area contributed by atoms with E-state index in [0.717, 1.165) is 4.57 Å². The predicted octanol–water partition coefficient (Wildman–Crippen LogP) is 2.66. The molecular weight excluding hydrogens is 315 g/mol. The molecule has 0 aliphatic rings. The zero-order valence-electron chi connectivity index (χ0n) is 11.3. The summed E-state index contributed by atoms with van der Waals surface area (Å²) in [4.78, 5) is 38.0. The van der Waals surface area contributed by atoms with Crippen LogP contribution in [0.4, 0.5) is 0 Å². The summed E-state index contributed by atoms with van der Waals surface area (Å²) in [6.45, 7) is 3.58. The second kappa shape index (κ2) is 5.87. The maximum absolute atomic E-state index is 12.4. The van der Waals surface area contributed by atoms with Crippen LogP contribution in [0.15, 0.2) is 34.0 Å². The van der Waals surface area contributed by atoms with Crippen LogP contribution in [0.1, 0.15) is 35.7 Å². The van der Waals surface area contributed by atoms with Crippen molar-refractivity contribution >= 4 is 29.1 Å². The third-order valence-corrected chi connectivity index (χ3v) is 3.36. The molecule has 2 rings (SSSR count). The standard InChI is InChI=1S/C14H12Cl2N2O3/c1-7(2)11-6-18(14(21)17-12(11)19)13(20)8-3-9(15)5-10(16)4-8/h3-7H,1-2H3,(H,17,19,21). The smallest absolute Gasteiger partial charge is 0.273 e. The van der Waals surface area contributed by atoms with E-state index in [9.17, 15) is 14.4 Å². The average molecular weight is 327 g/mol. The van der Waals surface area contributed by atoms with E-state index in [4.69, 9.17) is 23.2 Å². The van der Waals surface area contributed by atoms with E-state index in [0.29, 0.717) is 5.56 Å². The van der Waals surface area contributed by atoms with E-state index in [1.165, 1.54) is 24.4 Å². The lowest BCUT2D eigenvalue weighted by Gasteiger charge is -2.09. The molecule has 1 aromatic heterocycles. The minimum absolute atomic E-state index is 0.128. The van der Waals surface area contributed by atoms with Gasteiger partial charge in [-0.1, -0.05) is 37.0 Å². The molecule has 5 nitrogen and oxygen atoms in total. The van der Waals surface area contributed by atoms with Gasteiger partial charge in [0.25, 0.3) is 11.5 Å². The Labute approximate surface area is 130 Å². The summed E-state index contributed by atoms with van der Waals surface area (Å²) in [5, 5.41) is 0.569. The van der Waals surface area contributed by atoms with Crippen LogP contribution in [-0.2, 0) is 0 Å². The topological polar surface area (TPSA) is 71.9 Å². The average Bonchev–Trinajstić information content (AvgIpc) is 2.36. The van der Waals surface area contributed by atoms with Gasteiger partial charge in [0.15, 0.2) is 0 Å². The Morgan fingerprint density at radius 3 is 2.24 bits per heavy atom. The first kappa shape index (κ1) is 15.5. The largest absolute Gasteiger partial charge is 0.335 e. The molecule has 1 aromatic carbocycles. The fourth-order valence-corrected chi connectivity index (χ4v) is 2.39. The van der Waals surface area contributed by atoms with Gasteiger partial charge in [0.05, 0.1) is 0 Å². The Morgan fingerprint density at radius 1 is 1.14 bits per heavy atom.